The zero-order chi connectivity index (χ0) is 12.0. The minimum absolute atomic E-state index is 0.248. The molecule has 4 heteroatoms. The average molecular weight is 290 g/mol. The highest BCUT2D eigenvalue weighted by atomic mass is 79.9. The van der Waals surface area contributed by atoms with Crippen molar-refractivity contribution in [1.29, 1.82) is 0 Å². The summed E-state index contributed by atoms with van der Waals surface area (Å²) in [5, 5.41) is 3.15. The standard InChI is InChI=1S/C12H17BrFNO/c1-3-5-16-6-4-15-12-8-11(14)10(13)7-9(12)2/h7-8,15H,3-6H2,1-2H3. The monoisotopic (exact) mass is 289 g/mol. The van der Waals surface area contributed by atoms with Crippen molar-refractivity contribution in [3.8, 4) is 0 Å². The van der Waals surface area contributed by atoms with E-state index in [4.69, 9.17) is 4.74 Å². The predicted octanol–water partition coefficient (Wildman–Crippen LogP) is 3.74. The highest BCUT2D eigenvalue weighted by Gasteiger charge is 2.04. The summed E-state index contributed by atoms with van der Waals surface area (Å²) in [6.45, 7) is 6.13. The van der Waals surface area contributed by atoms with Crippen LogP contribution in [0.4, 0.5) is 10.1 Å². The fourth-order valence-corrected chi connectivity index (χ4v) is 1.80. The lowest BCUT2D eigenvalue weighted by atomic mass is 10.2. The number of hydrogen-bond donors (Lipinski definition) is 1. The Balaban J connectivity index is 2.45. The molecule has 0 fully saturated rings. The van der Waals surface area contributed by atoms with E-state index in [0.29, 0.717) is 17.6 Å². The van der Waals surface area contributed by atoms with Gasteiger partial charge >= 0.3 is 0 Å². The first-order valence-electron chi connectivity index (χ1n) is 5.42. The Morgan fingerprint density at radius 1 is 1.38 bits per heavy atom. The summed E-state index contributed by atoms with van der Waals surface area (Å²) in [6, 6.07) is 3.27. The molecule has 0 aliphatic rings. The molecule has 1 N–H and O–H groups in total. The Morgan fingerprint density at radius 2 is 2.12 bits per heavy atom. The lowest BCUT2D eigenvalue weighted by Crippen LogP contribution is -2.10. The van der Waals surface area contributed by atoms with Crippen molar-refractivity contribution < 1.29 is 9.13 Å². The van der Waals surface area contributed by atoms with E-state index >= 15 is 0 Å². The number of ether oxygens (including phenoxy) is 1. The number of aryl methyl sites for hydroxylation is 1. The minimum Gasteiger partial charge on any atom is -0.382 e. The smallest absolute Gasteiger partial charge is 0.139 e. The SMILES string of the molecule is CCCOCCNc1cc(F)c(Br)cc1C. The molecule has 16 heavy (non-hydrogen) atoms. The summed E-state index contributed by atoms with van der Waals surface area (Å²) in [5.41, 5.74) is 1.84. The van der Waals surface area contributed by atoms with E-state index in [9.17, 15) is 4.39 Å². The summed E-state index contributed by atoms with van der Waals surface area (Å²) in [7, 11) is 0. The Bertz CT molecular complexity index is 344. The molecular weight excluding hydrogens is 273 g/mol. The quantitative estimate of drug-likeness (QED) is 0.806. The van der Waals surface area contributed by atoms with Gasteiger partial charge in [-0.25, -0.2) is 4.39 Å². The average Bonchev–Trinajstić information content (AvgIpc) is 2.25. The van der Waals surface area contributed by atoms with Crippen LogP contribution in [0, 0.1) is 12.7 Å². The third kappa shape index (κ3) is 4.10. The van der Waals surface area contributed by atoms with Crippen LogP contribution in [-0.4, -0.2) is 19.8 Å². The van der Waals surface area contributed by atoms with Gasteiger partial charge in [-0.1, -0.05) is 6.92 Å². The van der Waals surface area contributed by atoms with Gasteiger partial charge < -0.3 is 10.1 Å². The van der Waals surface area contributed by atoms with Crippen molar-refractivity contribution in [1.82, 2.24) is 0 Å². The van der Waals surface area contributed by atoms with Gasteiger partial charge in [-0.05, 0) is 47.0 Å². The zero-order valence-electron chi connectivity index (χ0n) is 9.65. The second-order valence-electron chi connectivity index (χ2n) is 3.62. The van der Waals surface area contributed by atoms with Gasteiger partial charge in [0.2, 0.25) is 0 Å². The first-order valence-corrected chi connectivity index (χ1v) is 6.21. The lowest BCUT2D eigenvalue weighted by Gasteiger charge is -2.10. The number of nitrogens with one attached hydrogen (secondary N) is 1. The maximum Gasteiger partial charge on any atom is 0.139 e. The van der Waals surface area contributed by atoms with Crippen molar-refractivity contribution in [2.24, 2.45) is 0 Å². The molecular formula is C12H17BrFNO. The van der Waals surface area contributed by atoms with Crippen LogP contribution in [0.1, 0.15) is 18.9 Å². The molecule has 0 bridgehead atoms. The first-order chi connectivity index (χ1) is 7.65. The van der Waals surface area contributed by atoms with Crippen molar-refractivity contribution in [2.75, 3.05) is 25.1 Å². The molecule has 0 spiro atoms. The molecule has 2 nitrogen and oxygen atoms in total. The predicted molar refractivity (Wildman–Crippen MR) is 68.4 cm³/mol. The third-order valence-corrected chi connectivity index (χ3v) is 2.79. The molecule has 0 heterocycles. The molecule has 0 saturated heterocycles. The van der Waals surface area contributed by atoms with Crippen molar-refractivity contribution >= 4 is 21.6 Å². The fraction of sp³-hybridized carbons (Fsp3) is 0.500. The van der Waals surface area contributed by atoms with E-state index in [1.165, 1.54) is 6.07 Å². The van der Waals surface area contributed by atoms with Gasteiger partial charge in [0.1, 0.15) is 5.82 Å². The van der Waals surface area contributed by atoms with Crippen LogP contribution in [0.2, 0.25) is 0 Å². The minimum atomic E-state index is -0.248. The summed E-state index contributed by atoms with van der Waals surface area (Å²) >= 11 is 3.16. The maximum atomic E-state index is 13.3. The number of halogens is 2. The second kappa shape index (κ2) is 6.86. The largest absolute Gasteiger partial charge is 0.382 e. The van der Waals surface area contributed by atoms with Crippen LogP contribution < -0.4 is 5.32 Å². The number of anilines is 1. The number of hydrogen-bond acceptors (Lipinski definition) is 2. The van der Waals surface area contributed by atoms with Crippen LogP contribution in [-0.2, 0) is 4.74 Å². The van der Waals surface area contributed by atoms with E-state index in [1.54, 1.807) is 6.07 Å². The van der Waals surface area contributed by atoms with E-state index < -0.39 is 0 Å². The molecule has 0 aromatic heterocycles. The van der Waals surface area contributed by atoms with Gasteiger partial charge in [0.05, 0.1) is 11.1 Å². The van der Waals surface area contributed by atoms with Gasteiger partial charge in [-0.15, -0.1) is 0 Å². The number of rotatable bonds is 6. The Hall–Kier alpha value is -0.610. The molecule has 0 amide bonds. The van der Waals surface area contributed by atoms with Gasteiger partial charge in [-0.2, -0.15) is 0 Å². The van der Waals surface area contributed by atoms with Crippen LogP contribution in [0.5, 0.6) is 0 Å². The van der Waals surface area contributed by atoms with Gasteiger partial charge in [0.15, 0.2) is 0 Å². The second-order valence-corrected chi connectivity index (χ2v) is 4.47. The Morgan fingerprint density at radius 3 is 2.81 bits per heavy atom. The lowest BCUT2D eigenvalue weighted by molar-refractivity contribution is 0.144. The third-order valence-electron chi connectivity index (χ3n) is 2.18. The van der Waals surface area contributed by atoms with E-state index in [0.717, 1.165) is 24.3 Å². The fourth-order valence-electron chi connectivity index (χ4n) is 1.34. The molecule has 0 aliphatic heterocycles. The molecule has 0 radical (unpaired) electrons. The molecule has 1 aromatic carbocycles. The first kappa shape index (κ1) is 13.5. The van der Waals surface area contributed by atoms with E-state index in [-0.39, 0.29) is 5.82 Å². The molecule has 90 valence electrons. The molecule has 1 rings (SSSR count). The topological polar surface area (TPSA) is 21.3 Å². The summed E-state index contributed by atoms with van der Waals surface area (Å²) in [5.74, 6) is -0.248. The maximum absolute atomic E-state index is 13.3. The van der Waals surface area contributed by atoms with Crippen LogP contribution >= 0.6 is 15.9 Å². The van der Waals surface area contributed by atoms with Crippen LogP contribution in [0.3, 0.4) is 0 Å². The van der Waals surface area contributed by atoms with Crippen molar-refractivity contribution in [2.45, 2.75) is 20.3 Å². The van der Waals surface area contributed by atoms with Gasteiger partial charge in [0.25, 0.3) is 0 Å². The van der Waals surface area contributed by atoms with E-state index in [2.05, 4.69) is 28.2 Å². The molecule has 0 saturated carbocycles. The summed E-state index contributed by atoms with van der Waals surface area (Å²) < 4.78 is 19.1. The summed E-state index contributed by atoms with van der Waals surface area (Å²) in [4.78, 5) is 0. The van der Waals surface area contributed by atoms with Crippen LogP contribution in [0.15, 0.2) is 16.6 Å². The summed E-state index contributed by atoms with van der Waals surface area (Å²) in [6.07, 6.45) is 1.02. The van der Waals surface area contributed by atoms with Crippen molar-refractivity contribution in [3.05, 3.63) is 28.0 Å². The zero-order valence-corrected chi connectivity index (χ0v) is 11.2. The molecule has 0 unspecified atom stereocenters. The van der Waals surface area contributed by atoms with Gasteiger partial charge in [0, 0.05) is 18.8 Å². The normalized spacial score (nSPS) is 10.5. The van der Waals surface area contributed by atoms with E-state index in [1.807, 2.05) is 6.92 Å². The van der Waals surface area contributed by atoms with Gasteiger partial charge in [-0.3, -0.25) is 0 Å². The van der Waals surface area contributed by atoms with Crippen LogP contribution in [0.25, 0.3) is 0 Å². The highest BCUT2D eigenvalue weighted by Crippen LogP contribution is 2.23. The molecule has 0 aliphatic carbocycles. The molecule has 0 atom stereocenters. The Labute approximate surface area is 104 Å². The molecule has 1 aromatic rings. The van der Waals surface area contributed by atoms with Crippen molar-refractivity contribution in [3.63, 3.8) is 0 Å². The highest BCUT2D eigenvalue weighted by molar-refractivity contribution is 9.10. The number of benzene rings is 1. The Kier molecular flexibility index (Phi) is 5.77.